The Kier molecular flexibility index (Phi) is 7.42. The topological polar surface area (TPSA) is 96.0 Å². The van der Waals surface area contributed by atoms with Gasteiger partial charge < -0.3 is 10.1 Å². The van der Waals surface area contributed by atoms with Gasteiger partial charge in [-0.2, -0.15) is 17.0 Å². The summed E-state index contributed by atoms with van der Waals surface area (Å²) in [7, 11) is -3.74. The first-order chi connectivity index (χ1) is 14.8. The molecule has 1 heterocycles. The number of benzene rings is 2. The summed E-state index contributed by atoms with van der Waals surface area (Å²) in [6.45, 7) is 4.70. The number of amides is 1. The van der Waals surface area contributed by atoms with Crippen LogP contribution in [0.2, 0.25) is 0 Å². The van der Waals surface area contributed by atoms with Crippen molar-refractivity contribution in [1.82, 2.24) is 8.61 Å². The molecule has 1 amide bonds. The molecule has 0 saturated carbocycles. The average Bonchev–Trinajstić information content (AvgIpc) is 2.73. The minimum absolute atomic E-state index is 0.271. The fraction of sp³-hybridized carbons (Fsp3) is 0.364. The minimum Gasteiger partial charge on any atom is -0.462 e. The lowest BCUT2D eigenvalue weighted by Crippen LogP contribution is -2.51. The fourth-order valence-electron chi connectivity index (χ4n) is 3.30. The summed E-state index contributed by atoms with van der Waals surface area (Å²) >= 11 is 0. The normalized spacial score (nSPS) is 16.6. The van der Waals surface area contributed by atoms with E-state index in [4.69, 9.17) is 4.74 Å². The largest absolute Gasteiger partial charge is 0.462 e. The highest BCUT2D eigenvalue weighted by atomic mass is 32.2. The van der Waals surface area contributed by atoms with Gasteiger partial charge in [0.1, 0.15) is 0 Å². The Morgan fingerprint density at radius 2 is 1.65 bits per heavy atom. The molecular weight excluding hydrogens is 418 g/mol. The number of nitrogens with zero attached hydrogens (tertiary/aromatic N) is 2. The SMILES string of the molecule is CCOC(=O)c1ccc(NC(=O)CN2CCCN(Cc3ccc(C)cc3)S2(=O)=O)cc1. The van der Waals surface area contributed by atoms with E-state index in [0.717, 1.165) is 11.1 Å². The van der Waals surface area contributed by atoms with E-state index >= 15 is 0 Å². The third kappa shape index (κ3) is 5.90. The Bertz CT molecular complexity index is 1020. The van der Waals surface area contributed by atoms with Crippen LogP contribution >= 0.6 is 0 Å². The molecule has 1 fully saturated rings. The Morgan fingerprint density at radius 3 is 2.29 bits per heavy atom. The van der Waals surface area contributed by atoms with E-state index in [0.29, 0.717) is 30.8 Å². The van der Waals surface area contributed by atoms with Gasteiger partial charge in [-0.3, -0.25) is 4.79 Å². The number of carbonyl (C=O) groups excluding carboxylic acids is 2. The molecule has 0 radical (unpaired) electrons. The number of rotatable bonds is 7. The number of aryl methyl sites for hydroxylation is 1. The zero-order valence-electron chi connectivity index (χ0n) is 17.7. The van der Waals surface area contributed by atoms with Crippen LogP contribution in [0.1, 0.15) is 34.8 Å². The highest BCUT2D eigenvalue weighted by Gasteiger charge is 2.34. The average molecular weight is 446 g/mol. The van der Waals surface area contributed by atoms with E-state index in [9.17, 15) is 18.0 Å². The second-order valence-corrected chi connectivity index (χ2v) is 9.29. The minimum atomic E-state index is -3.74. The fourth-order valence-corrected chi connectivity index (χ4v) is 4.94. The van der Waals surface area contributed by atoms with Gasteiger partial charge in [-0.05, 0) is 50.1 Å². The molecule has 0 bridgehead atoms. The van der Waals surface area contributed by atoms with E-state index in [-0.39, 0.29) is 19.7 Å². The molecule has 1 N–H and O–H groups in total. The molecule has 1 aliphatic heterocycles. The zero-order valence-corrected chi connectivity index (χ0v) is 18.5. The number of carbonyl (C=O) groups is 2. The second-order valence-electron chi connectivity index (χ2n) is 7.36. The van der Waals surface area contributed by atoms with Gasteiger partial charge in [-0.15, -0.1) is 0 Å². The van der Waals surface area contributed by atoms with Crippen molar-refractivity contribution in [3.05, 3.63) is 65.2 Å². The van der Waals surface area contributed by atoms with Gasteiger partial charge in [0.15, 0.2) is 0 Å². The van der Waals surface area contributed by atoms with Crippen LogP contribution in [0.5, 0.6) is 0 Å². The van der Waals surface area contributed by atoms with Gasteiger partial charge in [0.2, 0.25) is 5.91 Å². The Labute approximate surface area is 183 Å². The Hall–Kier alpha value is -2.75. The molecule has 0 aromatic heterocycles. The monoisotopic (exact) mass is 445 g/mol. The van der Waals surface area contributed by atoms with Crippen molar-refractivity contribution in [2.45, 2.75) is 26.8 Å². The molecule has 9 heteroatoms. The van der Waals surface area contributed by atoms with E-state index in [2.05, 4.69) is 5.32 Å². The lowest BCUT2D eigenvalue weighted by atomic mass is 10.1. The van der Waals surface area contributed by atoms with Gasteiger partial charge in [0.25, 0.3) is 10.2 Å². The first-order valence-corrected chi connectivity index (χ1v) is 11.6. The molecule has 0 aliphatic carbocycles. The van der Waals surface area contributed by atoms with Crippen molar-refractivity contribution in [1.29, 1.82) is 0 Å². The summed E-state index contributed by atoms with van der Waals surface area (Å²) in [4.78, 5) is 24.2. The summed E-state index contributed by atoms with van der Waals surface area (Å²) in [5.41, 5.74) is 2.87. The summed E-state index contributed by atoms with van der Waals surface area (Å²) in [6, 6.07) is 14.0. The summed E-state index contributed by atoms with van der Waals surface area (Å²) in [5.74, 6) is -0.877. The third-order valence-corrected chi connectivity index (χ3v) is 6.88. The van der Waals surface area contributed by atoms with Gasteiger partial charge in [0.05, 0.1) is 18.7 Å². The maximum Gasteiger partial charge on any atom is 0.338 e. The Balaban J connectivity index is 1.61. The van der Waals surface area contributed by atoms with Crippen LogP contribution in [-0.4, -0.2) is 55.1 Å². The molecule has 2 aromatic carbocycles. The third-order valence-electron chi connectivity index (χ3n) is 4.95. The van der Waals surface area contributed by atoms with Crippen LogP contribution in [0.15, 0.2) is 48.5 Å². The molecule has 1 saturated heterocycles. The second kappa shape index (κ2) is 10.0. The number of nitrogens with one attached hydrogen (secondary N) is 1. The summed E-state index contributed by atoms with van der Waals surface area (Å²) < 4.78 is 33.5. The Morgan fingerprint density at radius 1 is 1.00 bits per heavy atom. The smallest absolute Gasteiger partial charge is 0.338 e. The summed E-state index contributed by atoms with van der Waals surface area (Å²) in [6.07, 6.45) is 0.645. The van der Waals surface area contributed by atoms with Crippen molar-refractivity contribution in [3.63, 3.8) is 0 Å². The molecular formula is C22H27N3O5S. The van der Waals surface area contributed by atoms with Crippen LogP contribution < -0.4 is 5.32 Å². The number of ether oxygens (including phenoxy) is 1. The van der Waals surface area contributed by atoms with Gasteiger partial charge in [-0.1, -0.05) is 29.8 Å². The van der Waals surface area contributed by atoms with E-state index in [1.54, 1.807) is 31.2 Å². The molecule has 0 spiro atoms. The lowest BCUT2D eigenvalue weighted by molar-refractivity contribution is -0.116. The van der Waals surface area contributed by atoms with E-state index < -0.39 is 22.1 Å². The van der Waals surface area contributed by atoms with Crippen molar-refractivity contribution in [3.8, 4) is 0 Å². The van der Waals surface area contributed by atoms with Gasteiger partial charge >= 0.3 is 5.97 Å². The maximum atomic E-state index is 13.0. The van der Waals surface area contributed by atoms with Gasteiger partial charge in [0, 0.05) is 25.3 Å². The molecule has 3 rings (SSSR count). The molecule has 166 valence electrons. The van der Waals surface area contributed by atoms with Crippen LogP contribution in [-0.2, 0) is 26.3 Å². The molecule has 31 heavy (non-hydrogen) atoms. The maximum absolute atomic E-state index is 13.0. The van der Waals surface area contributed by atoms with Crippen LogP contribution in [0.25, 0.3) is 0 Å². The van der Waals surface area contributed by atoms with Crippen LogP contribution in [0.4, 0.5) is 5.69 Å². The number of esters is 1. The van der Waals surface area contributed by atoms with E-state index in [1.807, 2.05) is 31.2 Å². The molecule has 8 nitrogen and oxygen atoms in total. The molecule has 0 unspecified atom stereocenters. The molecule has 1 aliphatic rings. The highest BCUT2D eigenvalue weighted by Crippen LogP contribution is 2.20. The van der Waals surface area contributed by atoms with Crippen LogP contribution in [0, 0.1) is 6.92 Å². The molecule has 0 atom stereocenters. The molecule has 2 aromatic rings. The van der Waals surface area contributed by atoms with Crippen molar-refractivity contribution in [2.75, 3.05) is 31.6 Å². The highest BCUT2D eigenvalue weighted by molar-refractivity contribution is 7.86. The van der Waals surface area contributed by atoms with Crippen LogP contribution in [0.3, 0.4) is 0 Å². The standard InChI is InChI=1S/C22H27N3O5S/c1-3-30-22(27)19-9-11-20(12-10-19)23-21(26)16-25-14-4-13-24(31(25,28)29)15-18-7-5-17(2)6-8-18/h5-12H,3-4,13-16H2,1-2H3,(H,23,26). The first-order valence-electron chi connectivity index (χ1n) is 10.2. The number of anilines is 1. The van der Waals surface area contributed by atoms with Gasteiger partial charge in [-0.25, -0.2) is 4.79 Å². The lowest BCUT2D eigenvalue weighted by Gasteiger charge is -2.34. The van der Waals surface area contributed by atoms with Crippen molar-refractivity contribution >= 4 is 27.8 Å². The van der Waals surface area contributed by atoms with Crippen molar-refractivity contribution < 1.29 is 22.7 Å². The van der Waals surface area contributed by atoms with E-state index in [1.165, 1.54) is 8.61 Å². The zero-order chi connectivity index (χ0) is 22.4. The summed E-state index contributed by atoms with van der Waals surface area (Å²) in [5, 5.41) is 2.68. The first kappa shape index (κ1) is 22.9. The number of hydrogen-bond donors (Lipinski definition) is 1. The van der Waals surface area contributed by atoms with Crippen molar-refractivity contribution in [2.24, 2.45) is 0 Å². The predicted molar refractivity (Wildman–Crippen MR) is 118 cm³/mol. The predicted octanol–water partition coefficient (Wildman–Crippen LogP) is 2.56. The quantitative estimate of drug-likeness (QED) is 0.661. The number of hydrogen-bond acceptors (Lipinski definition) is 5.